The van der Waals surface area contributed by atoms with Gasteiger partial charge in [0.25, 0.3) is 0 Å². The van der Waals surface area contributed by atoms with E-state index < -0.39 is 0 Å². The Labute approximate surface area is 238 Å². The minimum Gasteiger partial charge on any atom is -0.490 e. The van der Waals surface area contributed by atoms with Crippen LogP contribution in [0.25, 0.3) is 21.8 Å². The summed E-state index contributed by atoms with van der Waals surface area (Å²) in [7, 11) is 2.21. The number of rotatable bonds is 10. The van der Waals surface area contributed by atoms with Crippen molar-refractivity contribution in [1.82, 2.24) is 14.4 Å². The lowest BCUT2D eigenvalue weighted by molar-refractivity contribution is 0.0949. The van der Waals surface area contributed by atoms with Crippen LogP contribution in [-0.2, 0) is 13.1 Å². The van der Waals surface area contributed by atoms with Crippen molar-refractivity contribution in [3.63, 3.8) is 0 Å². The molecule has 1 atom stereocenters. The number of piperidine rings is 1. The molecule has 3 heterocycles. The van der Waals surface area contributed by atoms with Gasteiger partial charge in [-0.2, -0.15) is 0 Å². The zero-order valence-electron chi connectivity index (χ0n) is 24.1. The van der Waals surface area contributed by atoms with Crippen LogP contribution in [0.15, 0.2) is 66.7 Å². The molecule has 2 fully saturated rings. The molecule has 5 nitrogen and oxygen atoms in total. The number of para-hydroxylation sites is 1. The van der Waals surface area contributed by atoms with E-state index in [-0.39, 0.29) is 11.9 Å². The van der Waals surface area contributed by atoms with Gasteiger partial charge in [0.15, 0.2) is 5.78 Å². The van der Waals surface area contributed by atoms with E-state index in [0.29, 0.717) is 12.5 Å². The minimum absolute atomic E-state index is 0.199. The van der Waals surface area contributed by atoms with Crippen molar-refractivity contribution >= 4 is 27.6 Å². The second kappa shape index (κ2) is 12.2. The highest BCUT2D eigenvalue weighted by Gasteiger charge is 2.23. The van der Waals surface area contributed by atoms with Crippen LogP contribution >= 0.6 is 0 Å². The molecule has 2 aliphatic heterocycles. The van der Waals surface area contributed by atoms with Gasteiger partial charge < -0.3 is 14.2 Å². The molecule has 1 aromatic heterocycles. The average molecular weight is 538 g/mol. The molecule has 0 bridgehead atoms. The lowest BCUT2D eigenvalue weighted by atomic mass is 10.0. The summed E-state index contributed by atoms with van der Waals surface area (Å²) in [4.78, 5) is 17.8. The van der Waals surface area contributed by atoms with Gasteiger partial charge in [0.2, 0.25) is 0 Å². The van der Waals surface area contributed by atoms with Crippen LogP contribution < -0.4 is 4.74 Å². The summed E-state index contributed by atoms with van der Waals surface area (Å²) < 4.78 is 8.79. The number of ketones is 1. The molecular formula is C35H43N3O2. The number of Topliss-reactive ketones (excluding diaryl/α,β-unsaturated/α-hetero) is 1. The zero-order chi connectivity index (χ0) is 27.5. The van der Waals surface area contributed by atoms with Crippen molar-refractivity contribution < 1.29 is 9.53 Å². The van der Waals surface area contributed by atoms with Crippen molar-refractivity contribution in [1.29, 1.82) is 0 Å². The number of hydrogen-bond acceptors (Lipinski definition) is 4. The lowest BCUT2D eigenvalue weighted by Gasteiger charge is -2.32. The summed E-state index contributed by atoms with van der Waals surface area (Å²) in [5.74, 6) is 1.07. The fraction of sp³-hybridized carbons (Fsp3) is 0.457. The van der Waals surface area contributed by atoms with Gasteiger partial charge >= 0.3 is 0 Å². The topological polar surface area (TPSA) is 37.7 Å². The number of carbonyl (C=O) groups excluding carboxylic acids is 1. The van der Waals surface area contributed by atoms with E-state index in [9.17, 15) is 4.79 Å². The highest BCUT2D eigenvalue weighted by Crippen LogP contribution is 2.30. The first kappa shape index (κ1) is 27.0. The van der Waals surface area contributed by atoms with Crippen molar-refractivity contribution in [3.05, 3.63) is 77.9 Å². The number of benzene rings is 3. The third-order valence-electron chi connectivity index (χ3n) is 9.17. The predicted molar refractivity (Wildman–Crippen MR) is 164 cm³/mol. The molecule has 210 valence electrons. The van der Waals surface area contributed by atoms with Crippen LogP contribution in [0.4, 0.5) is 0 Å². The van der Waals surface area contributed by atoms with Crippen molar-refractivity contribution in [3.8, 4) is 5.75 Å². The molecule has 0 spiro atoms. The van der Waals surface area contributed by atoms with E-state index >= 15 is 0 Å². The SMILES string of the molecule is CCn1c2ccccc2c2cc(CN3CCC(Oc4cccc(C(=O)CCCC5CCCN5C)c4)CC3)ccc21. The van der Waals surface area contributed by atoms with E-state index in [4.69, 9.17) is 4.74 Å². The molecule has 0 saturated carbocycles. The second-order valence-electron chi connectivity index (χ2n) is 11.8. The van der Waals surface area contributed by atoms with Crippen LogP contribution in [0.3, 0.4) is 0 Å². The number of aromatic nitrogens is 1. The highest BCUT2D eigenvalue weighted by atomic mass is 16.5. The minimum atomic E-state index is 0.199. The normalized spacial score (nSPS) is 19.1. The Morgan fingerprint density at radius 3 is 2.52 bits per heavy atom. The smallest absolute Gasteiger partial charge is 0.163 e. The van der Waals surface area contributed by atoms with Crippen LogP contribution in [0.2, 0.25) is 0 Å². The number of nitrogens with zero attached hydrogens (tertiary/aromatic N) is 3. The first-order valence-corrected chi connectivity index (χ1v) is 15.3. The summed E-state index contributed by atoms with van der Waals surface area (Å²) in [6, 6.07) is 24.2. The van der Waals surface area contributed by atoms with E-state index in [0.717, 1.165) is 63.2 Å². The number of aryl methyl sites for hydroxylation is 1. The van der Waals surface area contributed by atoms with Gasteiger partial charge in [-0.05, 0) is 94.9 Å². The molecule has 3 aromatic carbocycles. The molecular weight excluding hydrogens is 494 g/mol. The third kappa shape index (κ3) is 5.82. The standard InChI is InChI=1S/C35H43N3O2/c1-3-38-33-14-5-4-13-31(33)32-23-26(16-17-34(32)38)25-37-21-18-29(19-22-37)40-30-12-6-9-27(24-30)35(39)15-7-10-28-11-8-20-36(28)2/h4-6,9,12-14,16-17,23-24,28-29H,3,7-8,10-11,15,18-22,25H2,1-2H3. The summed E-state index contributed by atoms with van der Waals surface area (Å²) in [5, 5.41) is 2.70. The number of likely N-dealkylation sites (tertiary alicyclic amines) is 2. The number of hydrogen-bond donors (Lipinski definition) is 0. The largest absolute Gasteiger partial charge is 0.490 e. The quantitative estimate of drug-likeness (QED) is 0.199. The van der Waals surface area contributed by atoms with Crippen LogP contribution in [-0.4, -0.2) is 59.0 Å². The Kier molecular flexibility index (Phi) is 8.22. The Bertz CT molecular complexity index is 1470. The van der Waals surface area contributed by atoms with Crippen LogP contribution in [0, 0.1) is 0 Å². The van der Waals surface area contributed by atoms with Gasteiger partial charge in [-0.25, -0.2) is 0 Å². The van der Waals surface area contributed by atoms with Crippen molar-refractivity contribution in [2.75, 3.05) is 26.7 Å². The maximum Gasteiger partial charge on any atom is 0.163 e. The van der Waals surface area contributed by atoms with Crippen molar-refractivity contribution in [2.45, 2.75) is 77.1 Å². The molecule has 6 rings (SSSR count). The van der Waals surface area contributed by atoms with Crippen molar-refractivity contribution in [2.24, 2.45) is 0 Å². The van der Waals surface area contributed by atoms with Gasteiger partial charge in [0.05, 0.1) is 0 Å². The number of ether oxygens (including phenoxy) is 1. The fourth-order valence-corrected chi connectivity index (χ4v) is 6.91. The number of fused-ring (bicyclic) bond motifs is 3. The maximum absolute atomic E-state index is 12.9. The summed E-state index contributed by atoms with van der Waals surface area (Å²) in [5.41, 5.74) is 4.80. The van der Waals surface area contributed by atoms with E-state index in [2.05, 4.69) is 70.8 Å². The summed E-state index contributed by atoms with van der Waals surface area (Å²) in [6.45, 7) is 7.40. The zero-order valence-corrected chi connectivity index (χ0v) is 24.1. The first-order chi connectivity index (χ1) is 19.6. The van der Waals surface area contributed by atoms with E-state index in [1.807, 2.05) is 24.3 Å². The summed E-state index contributed by atoms with van der Waals surface area (Å²) in [6.07, 6.45) is 7.47. The lowest BCUT2D eigenvalue weighted by Crippen LogP contribution is -2.37. The fourth-order valence-electron chi connectivity index (χ4n) is 6.91. The van der Waals surface area contributed by atoms with Gasteiger partial charge in [-0.1, -0.05) is 36.4 Å². The Morgan fingerprint density at radius 1 is 0.900 bits per heavy atom. The van der Waals surface area contributed by atoms with Gasteiger partial charge in [0, 0.05) is 66.0 Å². The van der Waals surface area contributed by atoms with E-state index in [1.54, 1.807) is 0 Å². The van der Waals surface area contributed by atoms with Crippen LogP contribution in [0.1, 0.15) is 67.8 Å². The van der Waals surface area contributed by atoms with Crippen LogP contribution in [0.5, 0.6) is 5.75 Å². The molecule has 4 aromatic rings. The first-order valence-electron chi connectivity index (χ1n) is 15.3. The number of carbonyl (C=O) groups is 1. The second-order valence-corrected chi connectivity index (χ2v) is 11.8. The van der Waals surface area contributed by atoms with Gasteiger partial charge in [-0.15, -0.1) is 0 Å². The maximum atomic E-state index is 12.9. The Morgan fingerprint density at radius 2 is 1.73 bits per heavy atom. The third-order valence-corrected chi connectivity index (χ3v) is 9.17. The molecule has 2 saturated heterocycles. The molecule has 0 aliphatic carbocycles. The molecule has 0 radical (unpaired) electrons. The van der Waals surface area contributed by atoms with E-state index in [1.165, 1.54) is 46.8 Å². The average Bonchev–Trinajstić information content (AvgIpc) is 3.54. The molecule has 1 unspecified atom stereocenters. The molecule has 0 amide bonds. The monoisotopic (exact) mass is 537 g/mol. The Hall–Kier alpha value is -3.15. The predicted octanol–water partition coefficient (Wildman–Crippen LogP) is 7.31. The molecule has 0 N–H and O–H groups in total. The Balaban J connectivity index is 1.01. The molecule has 5 heteroatoms. The van der Waals surface area contributed by atoms with Gasteiger partial charge in [-0.3, -0.25) is 9.69 Å². The summed E-state index contributed by atoms with van der Waals surface area (Å²) >= 11 is 0. The molecule has 40 heavy (non-hydrogen) atoms. The highest BCUT2D eigenvalue weighted by molar-refractivity contribution is 6.08. The molecule has 2 aliphatic rings. The van der Waals surface area contributed by atoms with Gasteiger partial charge in [0.1, 0.15) is 11.9 Å².